The molecule has 0 bridgehead atoms. The molecule has 0 aliphatic heterocycles. The summed E-state index contributed by atoms with van der Waals surface area (Å²) in [5.41, 5.74) is 0. The minimum absolute atomic E-state index is 0.126. The normalized spacial score (nSPS) is 10.8. The van der Waals surface area contributed by atoms with Gasteiger partial charge in [-0.05, 0) is 17.9 Å². The molecule has 0 unspecified atom stereocenters. The number of nitrogens with one attached hydrogen (secondary N) is 1. The third-order valence-corrected chi connectivity index (χ3v) is 5.74. The van der Waals surface area contributed by atoms with Gasteiger partial charge in [-0.1, -0.05) is 90.0 Å². The van der Waals surface area contributed by atoms with Crippen molar-refractivity contribution in [2.24, 2.45) is 0 Å². The lowest BCUT2D eigenvalue weighted by Crippen LogP contribution is -2.25. The minimum Gasteiger partial charge on any atom is -0.466 e. The lowest BCUT2D eigenvalue weighted by molar-refractivity contribution is -0.143. The lowest BCUT2D eigenvalue weighted by atomic mass is 10.0. The van der Waals surface area contributed by atoms with E-state index < -0.39 is 0 Å². The van der Waals surface area contributed by atoms with E-state index in [1.54, 1.807) is 6.07 Å². The number of unbranched alkanes of at least 4 members (excludes halogenated alkanes) is 12. The van der Waals surface area contributed by atoms with Gasteiger partial charge in [-0.15, -0.1) is 11.3 Å². The van der Waals surface area contributed by atoms with E-state index in [1.807, 2.05) is 11.4 Å². The smallest absolute Gasteiger partial charge is 0.307 e. The summed E-state index contributed by atoms with van der Waals surface area (Å²) in [6, 6.07) is 3.61. The zero-order chi connectivity index (χ0) is 20.3. The molecule has 1 aromatic heterocycles. The summed E-state index contributed by atoms with van der Waals surface area (Å²) in [6.45, 7) is 3.09. The van der Waals surface area contributed by atoms with Crippen LogP contribution in [-0.4, -0.2) is 25.0 Å². The molecule has 0 saturated heterocycles. The molecule has 0 aromatic carbocycles. The molecule has 5 heteroatoms. The number of thiophene rings is 1. The molecule has 160 valence electrons. The fourth-order valence-electron chi connectivity index (χ4n) is 3.15. The van der Waals surface area contributed by atoms with E-state index >= 15 is 0 Å². The van der Waals surface area contributed by atoms with Gasteiger partial charge in [0, 0.05) is 6.54 Å². The third-order valence-electron chi connectivity index (χ3n) is 4.87. The second-order valence-corrected chi connectivity index (χ2v) is 8.39. The molecule has 1 aromatic rings. The number of esters is 1. The number of carbonyl (C=O) groups excluding carboxylic acids is 2. The topological polar surface area (TPSA) is 55.4 Å². The van der Waals surface area contributed by atoms with E-state index in [0.29, 0.717) is 18.0 Å². The molecule has 1 N–H and O–H groups in total. The second kappa shape index (κ2) is 17.7. The highest BCUT2D eigenvalue weighted by atomic mass is 32.1. The Hall–Kier alpha value is -1.36. The van der Waals surface area contributed by atoms with Crippen molar-refractivity contribution in [1.82, 2.24) is 5.32 Å². The zero-order valence-electron chi connectivity index (χ0n) is 17.7. The highest BCUT2D eigenvalue weighted by molar-refractivity contribution is 7.12. The number of carbonyl (C=O) groups is 2. The van der Waals surface area contributed by atoms with Gasteiger partial charge in [-0.3, -0.25) is 9.59 Å². The molecule has 0 aliphatic rings. The van der Waals surface area contributed by atoms with Crippen molar-refractivity contribution in [3.05, 3.63) is 22.4 Å². The van der Waals surface area contributed by atoms with Gasteiger partial charge >= 0.3 is 5.97 Å². The predicted octanol–water partition coefficient (Wildman–Crippen LogP) is 6.50. The molecule has 0 saturated carbocycles. The fourth-order valence-corrected chi connectivity index (χ4v) is 3.79. The van der Waals surface area contributed by atoms with Crippen LogP contribution in [0.4, 0.5) is 0 Å². The van der Waals surface area contributed by atoms with Crippen LogP contribution in [0, 0.1) is 0 Å². The maximum absolute atomic E-state index is 11.7. The number of ether oxygens (including phenoxy) is 1. The van der Waals surface area contributed by atoms with Crippen molar-refractivity contribution < 1.29 is 14.3 Å². The van der Waals surface area contributed by atoms with Gasteiger partial charge in [-0.2, -0.15) is 0 Å². The minimum atomic E-state index is -0.231. The van der Waals surface area contributed by atoms with E-state index in [4.69, 9.17) is 4.74 Å². The molecule has 0 atom stereocenters. The van der Waals surface area contributed by atoms with E-state index in [1.165, 1.54) is 82.0 Å². The van der Waals surface area contributed by atoms with Crippen molar-refractivity contribution in [3.63, 3.8) is 0 Å². The van der Waals surface area contributed by atoms with Crippen LogP contribution >= 0.6 is 11.3 Å². The number of amides is 1. The Morgan fingerprint density at radius 2 is 1.46 bits per heavy atom. The molecule has 1 heterocycles. The predicted molar refractivity (Wildman–Crippen MR) is 118 cm³/mol. The Balaban J connectivity index is 1.79. The Morgan fingerprint density at radius 3 is 2.00 bits per heavy atom. The monoisotopic (exact) mass is 409 g/mol. The second-order valence-electron chi connectivity index (χ2n) is 7.45. The number of rotatable bonds is 18. The first-order valence-corrected chi connectivity index (χ1v) is 12.1. The molecule has 28 heavy (non-hydrogen) atoms. The van der Waals surface area contributed by atoms with Crippen LogP contribution in [0.25, 0.3) is 0 Å². The van der Waals surface area contributed by atoms with Crippen molar-refractivity contribution in [2.75, 3.05) is 13.2 Å². The molecule has 1 rings (SSSR count). The van der Waals surface area contributed by atoms with E-state index in [0.717, 1.165) is 12.8 Å². The van der Waals surface area contributed by atoms with Gasteiger partial charge in [0.25, 0.3) is 5.91 Å². The van der Waals surface area contributed by atoms with Crippen LogP contribution < -0.4 is 5.32 Å². The Bertz CT molecular complexity index is 502. The fraction of sp³-hybridized carbons (Fsp3) is 0.739. The average molecular weight is 410 g/mol. The first-order chi connectivity index (χ1) is 13.7. The Morgan fingerprint density at radius 1 is 0.893 bits per heavy atom. The molecular formula is C23H39NO3S. The van der Waals surface area contributed by atoms with Crippen LogP contribution in [0.15, 0.2) is 17.5 Å². The first-order valence-electron chi connectivity index (χ1n) is 11.2. The number of hydrogen-bond donors (Lipinski definition) is 1. The van der Waals surface area contributed by atoms with Gasteiger partial charge in [0.2, 0.25) is 0 Å². The maximum Gasteiger partial charge on any atom is 0.307 e. The highest BCUT2D eigenvalue weighted by Gasteiger charge is 2.07. The number of hydrogen-bond acceptors (Lipinski definition) is 4. The Kier molecular flexibility index (Phi) is 15.6. The van der Waals surface area contributed by atoms with Gasteiger partial charge in [0.15, 0.2) is 0 Å². The summed E-state index contributed by atoms with van der Waals surface area (Å²) in [5.74, 6) is -0.357. The third kappa shape index (κ3) is 13.8. The molecule has 0 radical (unpaired) electrons. The Labute approximate surface area is 175 Å². The van der Waals surface area contributed by atoms with Crippen LogP contribution in [0.2, 0.25) is 0 Å². The van der Waals surface area contributed by atoms with Crippen molar-refractivity contribution in [1.29, 1.82) is 0 Å². The lowest BCUT2D eigenvalue weighted by Gasteiger charge is -2.06. The van der Waals surface area contributed by atoms with Gasteiger partial charge in [0.05, 0.1) is 17.9 Å². The quantitative estimate of drug-likeness (QED) is 0.222. The summed E-state index contributed by atoms with van der Waals surface area (Å²) in [5, 5.41) is 4.60. The van der Waals surface area contributed by atoms with Gasteiger partial charge in [0.1, 0.15) is 0 Å². The van der Waals surface area contributed by atoms with Gasteiger partial charge < -0.3 is 10.1 Å². The van der Waals surface area contributed by atoms with Crippen molar-refractivity contribution in [2.45, 2.75) is 96.8 Å². The molecule has 0 aliphatic carbocycles. The largest absolute Gasteiger partial charge is 0.466 e. The summed E-state index contributed by atoms with van der Waals surface area (Å²) in [6.07, 6.45) is 17.2. The highest BCUT2D eigenvalue weighted by Crippen LogP contribution is 2.12. The maximum atomic E-state index is 11.7. The van der Waals surface area contributed by atoms with E-state index in [9.17, 15) is 9.59 Å². The molecule has 0 fully saturated rings. The molecule has 1 amide bonds. The SMILES string of the molecule is CCCCCCCCCCCCCCCOC(=O)CCNC(=O)c1cccs1. The molecule has 0 spiro atoms. The summed E-state index contributed by atoms with van der Waals surface area (Å²) in [7, 11) is 0. The van der Waals surface area contributed by atoms with Crippen molar-refractivity contribution >= 4 is 23.2 Å². The average Bonchev–Trinajstić information content (AvgIpc) is 3.23. The first kappa shape index (κ1) is 24.7. The van der Waals surface area contributed by atoms with Crippen molar-refractivity contribution in [3.8, 4) is 0 Å². The summed E-state index contributed by atoms with van der Waals surface area (Å²) < 4.78 is 5.23. The van der Waals surface area contributed by atoms with Gasteiger partial charge in [-0.25, -0.2) is 0 Å². The zero-order valence-corrected chi connectivity index (χ0v) is 18.5. The van der Waals surface area contributed by atoms with E-state index in [-0.39, 0.29) is 18.3 Å². The van der Waals surface area contributed by atoms with Crippen LogP contribution in [0.3, 0.4) is 0 Å². The summed E-state index contributed by atoms with van der Waals surface area (Å²) >= 11 is 1.39. The summed E-state index contributed by atoms with van der Waals surface area (Å²) in [4.78, 5) is 24.1. The van der Waals surface area contributed by atoms with E-state index in [2.05, 4.69) is 12.2 Å². The van der Waals surface area contributed by atoms with Crippen LogP contribution in [0.5, 0.6) is 0 Å². The standard InChI is InChI=1S/C23H39NO3S/c1-2-3-4-5-6-7-8-9-10-11-12-13-14-19-27-22(25)17-18-24-23(26)21-16-15-20-28-21/h15-16,20H,2-14,17-19H2,1H3,(H,24,26). The van der Waals surface area contributed by atoms with Crippen LogP contribution in [0.1, 0.15) is 106 Å². The van der Waals surface area contributed by atoms with Crippen LogP contribution in [-0.2, 0) is 9.53 Å². The molecule has 4 nitrogen and oxygen atoms in total. The molecular weight excluding hydrogens is 370 g/mol.